The van der Waals surface area contributed by atoms with Gasteiger partial charge in [-0.05, 0) is 49.6 Å². The average molecular weight is 298 g/mol. The minimum Gasteiger partial charge on any atom is -0.370 e. The van der Waals surface area contributed by atoms with Gasteiger partial charge in [-0.25, -0.2) is 4.39 Å². The number of nitrogens with zero attached hydrogens (tertiary/aromatic N) is 1. The minimum atomic E-state index is -0.344. The molecule has 1 amide bonds. The Morgan fingerprint density at radius 3 is 2.59 bits per heavy atom. The number of anilines is 2. The Morgan fingerprint density at radius 1 is 1.14 bits per heavy atom. The molecule has 3 nitrogen and oxygen atoms in total. The van der Waals surface area contributed by atoms with Gasteiger partial charge in [0.1, 0.15) is 5.82 Å². The van der Waals surface area contributed by atoms with Crippen LogP contribution in [0.3, 0.4) is 0 Å². The zero-order valence-electron chi connectivity index (χ0n) is 12.6. The summed E-state index contributed by atoms with van der Waals surface area (Å²) in [4.78, 5) is 14.6. The summed E-state index contributed by atoms with van der Waals surface area (Å²) in [5.41, 5.74) is 2.94. The Morgan fingerprint density at radius 2 is 1.86 bits per heavy atom. The van der Waals surface area contributed by atoms with E-state index in [9.17, 15) is 9.18 Å². The second-order valence-corrected chi connectivity index (χ2v) is 5.62. The number of rotatable bonds is 3. The van der Waals surface area contributed by atoms with Crippen LogP contribution in [0.1, 0.15) is 28.8 Å². The largest absolute Gasteiger partial charge is 0.370 e. The van der Waals surface area contributed by atoms with Crippen molar-refractivity contribution in [3.8, 4) is 0 Å². The van der Waals surface area contributed by atoms with E-state index in [1.807, 2.05) is 25.1 Å². The Hall–Kier alpha value is -2.36. The second kappa shape index (κ2) is 6.18. The third-order valence-corrected chi connectivity index (χ3v) is 4.04. The number of carbonyl (C=O) groups excluding carboxylic acids is 1. The fourth-order valence-corrected chi connectivity index (χ4v) is 2.86. The maximum Gasteiger partial charge on any atom is 0.255 e. The van der Waals surface area contributed by atoms with Crippen LogP contribution in [0.5, 0.6) is 0 Å². The molecule has 1 N–H and O–H groups in total. The summed E-state index contributed by atoms with van der Waals surface area (Å²) in [6.45, 7) is 3.78. The van der Waals surface area contributed by atoms with Crippen LogP contribution in [0.4, 0.5) is 15.8 Å². The van der Waals surface area contributed by atoms with Crippen molar-refractivity contribution in [3.05, 3.63) is 59.4 Å². The molecule has 0 bridgehead atoms. The zero-order chi connectivity index (χ0) is 15.5. The van der Waals surface area contributed by atoms with Crippen molar-refractivity contribution in [2.24, 2.45) is 0 Å². The first kappa shape index (κ1) is 14.6. The fourth-order valence-electron chi connectivity index (χ4n) is 2.86. The number of benzene rings is 2. The highest BCUT2D eigenvalue weighted by Gasteiger charge is 2.18. The van der Waals surface area contributed by atoms with Gasteiger partial charge in [0.05, 0.1) is 11.4 Å². The number of halogens is 1. The Kier molecular flexibility index (Phi) is 4.09. The molecule has 114 valence electrons. The maximum atomic E-state index is 13.6. The lowest BCUT2D eigenvalue weighted by Gasteiger charge is -2.21. The molecule has 1 heterocycles. The molecule has 2 aromatic rings. The van der Waals surface area contributed by atoms with Gasteiger partial charge in [0.2, 0.25) is 0 Å². The quantitative estimate of drug-likeness (QED) is 0.929. The first-order valence-corrected chi connectivity index (χ1v) is 7.56. The molecule has 1 fully saturated rings. The van der Waals surface area contributed by atoms with Crippen molar-refractivity contribution >= 4 is 17.3 Å². The molecule has 1 aliphatic rings. The lowest BCUT2D eigenvalue weighted by atomic mass is 10.1. The van der Waals surface area contributed by atoms with E-state index in [1.165, 1.54) is 12.1 Å². The third kappa shape index (κ3) is 2.96. The van der Waals surface area contributed by atoms with Crippen LogP contribution in [0.25, 0.3) is 0 Å². The minimum absolute atomic E-state index is 0.204. The van der Waals surface area contributed by atoms with Gasteiger partial charge in [-0.2, -0.15) is 0 Å². The Bertz CT molecular complexity index is 693. The number of amides is 1. The molecule has 2 aromatic carbocycles. The lowest BCUT2D eigenvalue weighted by molar-refractivity contribution is 0.102. The number of aryl methyl sites for hydroxylation is 1. The summed E-state index contributed by atoms with van der Waals surface area (Å²) in [6, 6.07) is 12.0. The molecule has 3 rings (SSSR count). The Balaban J connectivity index is 1.89. The molecule has 0 atom stereocenters. The summed E-state index contributed by atoms with van der Waals surface area (Å²) in [5.74, 6) is -0.549. The first-order valence-electron chi connectivity index (χ1n) is 7.56. The molecule has 1 aliphatic heterocycles. The topological polar surface area (TPSA) is 32.3 Å². The van der Waals surface area contributed by atoms with Gasteiger partial charge >= 0.3 is 0 Å². The summed E-state index contributed by atoms with van der Waals surface area (Å²) >= 11 is 0. The Labute approximate surface area is 129 Å². The number of hydrogen-bond acceptors (Lipinski definition) is 2. The van der Waals surface area contributed by atoms with Crippen LogP contribution in [-0.4, -0.2) is 19.0 Å². The zero-order valence-corrected chi connectivity index (χ0v) is 12.6. The molecule has 0 unspecified atom stereocenters. The average Bonchev–Trinajstić information content (AvgIpc) is 3.02. The van der Waals surface area contributed by atoms with E-state index < -0.39 is 0 Å². The van der Waals surface area contributed by atoms with Crippen LogP contribution >= 0.6 is 0 Å². The van der Waals surface area contributed by atoms with E-state index in [0.717, 1.165) is 37.2 Å². The van der Waals surface area contributed by atoms with E-state index in [0.29, 0.717) is 11.3 Å². The van der Waals surface area contributed by atoms with Gasteiger partial charge in [0, 0.05) is 18.7 Å². The van der Waals surface area contributed by atoms with Gasteiger partial charge in [-0.1, -0.05) is 18.2 Å². The van der Waals surface area contributed by atoms with E-state index in [2.05, 4.69) is 10.2 Å². The fraction of sp³-hybridized carbons (Fsp3) is 0.278. The molecule has 4 heteroatoms. The van der Waals surface area contributed by atoms with Crippen LogP contribution < -0.4 is 10.2 Å². The van der Waals surface area contributed by atoms with Crippen LogP contribution in [0, 0.1) is 12.7 Å². The predicted octanol–water partition coefficient (Wildman–Crippen LogP) is 3.99. The number of nitrogens with one attached hydrogen (secondary N) is 1. The summed E-state index contributed by atoms with van der Waals surface area (Å²) < 4.78 is 13.6. The molecule has 0 spiro atoms. The van der Waals surface area contributed by atoms with Crippen molar-refractivity contribution in [1.29, 1.82) is 0 Å². The highest BCUT2D eigenvalue weighted by molar-refractivity contribution is 6.06. The molecular formula is C18H19FN2O. The van der Waals surface area contributed by atoms with Crippen molar-refractivity contribution in [1.82, 2.24) is 0 Å². The van der Waals surface area contributed by atoms with E-state index in [-0.39, 0.29) is 11.7 Å². The second-order valence-electron chi connectivity index (χ2n) is 5.62. The van der Waals surface area contributed by atoms with Gasteiger partial charge in [-0.15, -0.1) is 0 Å². The van der Waals surface area contributed by atoms with Crippen LogP contribution in [0.15, 0.2) is 42.5 Å². The van der Waals surface area contributed by atoms with Gasteiger partial charge in [0.15, 0.2) is 0 Å². The van der Waals surface area contributed by atoms with E-state index in [4.69, 9.17) is 0 Å². The van der Waals surface area contributed by atoms with Crippen molar-refractivity contribution in [2.75, 3.05) is 23.3 Å². The van der Waals surface area contributed by atoms with Crippen molar-refractivity contribution < 1.29 is 9.18 Å². The molecule has 0 aliphatic carbocycles. The van der Waals surface area contributed by atoms with Gasteiger partial charge in [-0.3, -0.25) is 4.79 Å². The van der Waals surface area contributed by atoms with Gasteiger partial charge < -0.3 is 10.2 Å². The summed E-state index contributed by atoms with van der Waals surface area (Å²) in [7, 11) is 0. The van der Waals surface area contributed by atoms with Crippen LogP contribution in [0.2, 0.25) is 0 Å². The number of hydrogen-bond donors (Lipinski definition) is 1. The van der Waals surface area contributed by atoms with E-state index in [1.54, 1.807) is 12.1 Å². The standard InChI is InChI=1S/C18H19FN2O/c1-13-6-2-3-7-15(13)18(22)20-16-12-14(19)8-9-17(16)21-10-4-5-11-21/h2-3,6-9,12H,4-5,10-11H2,1H3,(H,20,22). The monoisotopic (exact) mass is 298 g/mol. The maximum absolute atomic E-state index is 13.6. The van der Waals surface area contributed by atoms with Crippen molar-refractivity contribution in [2.45, 2.75) is 19.8 Å². The molecular weight excluding hydrogens is 279 g/mol. The molecule has 1 saturated heterocycles. The van der Waals surface area contributed by atoms with Crippen molar-refractivity contribution in [3.63, 3.8) is 0 Å². The molecule has 0 aromatic heterocycles. The van der Waals surface area contributed by atoms with E-state index >= 15 is 0 Å². The summed E-state index contributed by atoms with van der Waals surface area (Å²) in [5, 5.41) is 2.86. The smallest absolute Gasteiger partial charge is 0.255 e. The first-order chi connectivity index (χ1) is 10.6. The highest BCUT2D eigenvalue weighted by Crippen LogP contribution is 2.30. The summed E-state index contributed by atoms with van der Waals surface area (Å²) in [6.07, 6.45) is 2.26. The SMILES string of the molecule is Cc1ccccc1C(=O)Nc1cc(F)ccc1N1CCCC1. The predicted molar refractivity (Wildman–Crippen MR) is 87.0 cm³/mol. The normalized spacial score (nSPS) is 14.2. The lowest BCUT2D eigenvalue weighted by Crippen LogP contribution is -2.21. The molecule has 0 radical (unpaired) electrons. The molecule has 22 heavy (non-hydrogen) atoms. The molecule has 0 saturated carbocycles. The number of carbonyl (C=O) groups is 1. The highest BCUT2D eigenvalue weighted by atomic mass is 19.1. The third-order valence-electron chi connectivity index (χ3n) is 4.04. The van der Waals surface area contributed by atoms with Crippen LogP contribution in [-0.2, 0) is 0 Å². The van der Waals surface area contributed by atoms with Gasteiger partial charge in [0.25, 0.3) is 5.91 Å².